The Bertz CT molecular complexity index is 1370. The van der Waals surface area contributed by atoms with Gasteiger partial charge < -0.3 is 14.2 Å². The molecule has 0 aliphatic heterocycles. The summed E-state index contributed by atoms with van der Waals surface area (Å²) in [5, 5.41) is 0. The Kier molecular flexibility index (Phi) is 14.8. The minimum Gasteiger partial charge on any atom is -0.470 e. The Morgan fingerprint density at radius 1 is 0.683 bits per heavy atom. The van der Waals surface area contributed by atoms with Crippen LogP contribution >= 0.6 is 42.9 Å². The van der Waals surface area contributed by atoms with E-state index in [-0.39, 0.29) is 45.2 Å². The molecule has 4 rings (SSSR count). The van der Waals surface area contributed by atoms with E-state index in [0.29, 0.717) is 23.1 Å². The maximum Gasteiger partial charge on any atom is 0.337 e. The van der Waals surface area contributed by atoms with Gasteiger partial charge in [0.1, 0.15) is 23.9 Å². The second kappa shape index (κ2) is 17.0. The maximum absolute atomic E-state index is 11.4. The summed E-state index contributed by atoms with van der Waals surface area (Å²) in [4.78, 5) is 28.4. The Morgan fingerprint density at radius 2 is 1.07 bits per heavy atom. The molecule has 2 aromatic heterocycles. The molecule has 11 heteroatoms. The molecule has 220 valence electrons. The summed E-state index contributed by atoms with van der Waals surface area (Å²) in [6, 6.07) is 18.9. The predicted molar refractivity (Wildman–Crippen MR) is 174 cm³/mol. The van der Waals surface area contributed by atoms with Crippen LogP contribution in [0.4, 0.5) is 0 Å². The van der Waals surface area contributed by atoms with Crippen LogP contribution in [-0.4, -0.2) is 33.0 Å². The number of aryl methyl sites for hydroxylation is 4. The number of ether oxygens (including phenoxy) is 3. The molecule has 2 heterocycles. The first kappa shape index (κ1) is 35.9. The van der Waals surface area contributed by atoms with E-state index in [1.807, 2.05) is 84.0 Å². The standard InChI is InChI=1S/C16H18N2O3.C14H15BrN2O.2H2S/c1-10-9-15(18-12(3)17-10)21-11(2)13-5-7-14(8-6-13)16(19)20-4;1-9-8-14(17-11(3)16-9)18-10(2)12-4-6-13(15)7-5-12;;/h5-9,11H,1-4H3;4-8,10H,1-3H3;2*1H2/t11-;10-;;/m00../s1. The van der Waals surface area contributed by atoms with Gasteiger partial charge in [0.2, 0.25) is 11.8 Å². The fourth-order valence-electron chi connectivity index (χ4n) is 3.73. The third kappa shape index (κ3) is 11.3. The van der Waals surface area contributed by atoms with Gasteiger partial charge >= 0.3 is 5.97 Å². The number of rotatable bonds is 7. The second-order valence-electron chi connectivity index (χ2n) is 8.97. The first-order chi connectivity index (χ1) is 18.5. The van der Waals surface area contributed by atoms with Gasteiger partial charge in [-0.15, -0.1) is 0 Å². The molecular weight excluding hydrogens is 624 g/mol. The van der Waals surface area contributed by atoms with Crippen molar-refractivity contribution in [3.05, 3.63) is 105 Å². The average Bonchev–Trinajstić information content (AvgIpc) is 2.88. The summed E-state index contributed by atoms with van der Waals surface area (Å²) in [7, 11) is 1.36. The van der Waals surface area contributed by atoms with Crippen molar-refractivity contribution in [2.45, 2.75) is 53.8 Å². The van der Waals surface area contributed by atoms with Crippen LogP contribution in [0.15, 0.2) is 65.1 Å². The summed E-state index contributed by atoms with van der Waals surface area (Å²) in [5.74, 6) is 2.23. The Labute approximate surface area is 264 Å². The highest BCUT2D eigenvalue weighted by Gasteiger charge is 2.12. The number of carbonyl (C=O) groups excluding carboxylic acids is 1. The van der Waals surface area contributed by atoms with Gasteiger partial charge in [-0.3, -0.25) is 0 Å². The molecular formula is C30H37BrN4O4S2. The van der Waals surface area contributed by atoms with Crippen molar-refractivity contribution in [3.8, 4) is 11.8 Å². The van der Waals surface area contributed by atoms with Crippen LogP contribution in [0.3, 0.4) is 0 Å². The molecule has 0 saturated carbocycles. The zero-order chi connectivity index (χ0) is 28.5. The molecule has 0 aliphatic rings. The van der Waals surface area contributed by atoms with Crippen LogP contribution in [-0.2, 0) is 4.74 Å². The van der Waals surface area contributed by atoms with Crippen LogP contribution < -0.4 is 9.47 Å². The number of methoxy groups -OCH3 is 1. The molecule has 0 spiro atoms. The van der Waals surface area contributed by atoms with Crippen molar-refractivity contribution >= 4 is 48.9 Å². The molecule has 0 amide bonds. The van der Waals surface area contributed by atoms with Crippen molar-refractivity contribution in [2.75, 3.05) is 7.11 Å². The molecule has 0 unspecified atom stereocenters. The van der Waals surface area contributed by atoms with Crippen LogP contribution in [0.25, 0.3) is 0 Å². The van der Waals surface area contributed by atoms with Crippen molar-refractivity contribution in [2.24, 2.45) is 0 Å². The van der Waals surface area contributed by atoms with Gasteiger partial charge in [-0.2, -0.15) is 37.0 Å². The third-order valence-electron chi connectivity index (χ3n) is 5.62. The molecule has 0 fully saturated rings. The molecule has 4 aromatic rings. The number of halogens is 1. The molecule has 2 atom stereocenters. The molecule has 0 saturated heterocycles. The topological polar surface area (TPSA) is 96.3 Å². The summed E-state index contributed by atoms with van der Waals surface area (Å²) >= 11 is 3.42. The fourth-order valence-corrected chi connectivity index (χ4v) is 3.99. The zero-order valence-corrected chi connectivity index (χ0v) is 27.8. The number of hydrogen-bond acceptors (Lipinski definition) is 8. The van der Waals surface area contributed by atoms with Crippen LogP contribution in [0.5, 0.6) is 11.8 Å². The number of hydrogen-bond donors (Lipinski definition) is 0. The maximum atomic E-state index is 11.4. The quantitative estimate of drug-likeness (QED) is 0.191. The van der Waals surface area contributed by atoms with E-state index in [2.05, 4.69) is 40.6 Å². The minimum absolute atomic E-state index is 0. The number of carbonyl (C=O) groups is 1. The summed E-state index contributed by atoms with van der Waals surface area (Å²) in [6.45, 7) is 11.5. The summed E-state index contributed by atoms with van der Waals surface area (Å²) in [6.07, 6.45) is -0.211. The Balaban J connectivity index is 0.000000395. The zero-order valence-electron chi connectivity index (χ0n) is 24.2. The van der Waals surface area contributed by atoms with Crippen molar-refractivity contribution in [1.82, 2.24) is 19.9 Å². The highest BCUT2D eigenvalue weighted by atomic mass is 79.9. The van der Waals surface area contributed by atoms with E-state index < -0.39 is 0 Å². The molecule has 0 radical (unpaired) electrons. The predicted octanol–water partition coefficient (Wildman–Crippen LogP) is 7.24. The van der Waals surface area contributed by atoms with Gasteiger partial charge in [0.25, 0.3) is 0 Å². The van der Waals surface area contributed by atoms with E-state index in [4.69, 9.17) is 9.47 Å². The van der Waals surface area contributed by atoms with Crippen molar-refractivity contribution < 1.29 is 19.0 Å². The first-order valence-electron chi connectivity index (χ1n) is 12.5. The SMILES string of the molecule is COC(=O)c1ccc([C@H](C)Oc2cc(C)nc(C)n2)cc1.Cc1cc(O[C@@H](C)c2ccc(Br)cc2)nc(C)n1.S.S. The van der Waals surface area contributed by atoms with Gasteiger partial charge in [-0.05, 0) is 76.9 Å². The van der Waals surface area contributed by atoms with Gasteiger partial charge in [-0.1, -0.05) is 40.2 Å². The van der Waals surface area contributed by atoms with Gasteiger partial charge in [0.05, 0.1) is 12.7 Å². The molecule has 0 aliphatic carbocycles. The average molecular weight is 662 g/mol. The molecule has 41 heavy (non-hydrogen) atoms. The number of nitrogens with zero attached hydrogens (tertiary/aromatic N) is 4. The van der Waals surface area contributed by atoms with Crippen molar-refractivity contribution in [1.29, 1.82) is 0 Å². The van der Waals surface area contributed by atoms with E-state index in [1.54, 1.807) is 18.2 Å². The number of benzene rings is 2. The molecule has 2 aromatic carbocycles. The second-order valence-corrected chi connectivity index (χ2v) is 9.89. The van der Waals surface area contributed by atoms with E-state index in [1.165, 1.54) is 7.11 Å². The van der Waals surface area contributed by atoms with E-state index in [9.17, 15) is 4.79 Å². The summed E-state index contributed by atoms with van der Waals surface area (Å²) < 4.78 is 17.4. The molecule has 0 bridgehead atoms. The first-order valence-corrected chi connectivity index (χ1v) is 13.2. The van der Waals surface area contributed by atoms with Crippen LogP contribution in [0.2, 0.25) is 0 Å². The molecule has 0 N–H and O–H groups in total. The lowest BCUT2D eigenvalue weighted by Gasteiger charge is -2.15. The van der Waals surface area contributed by atoms with Crippen LogP contribution in [0, 0.1) is 27.7 Å². The minimum atomic E-state index is -0.350. The number of esters is 1. The van der Waals surface area contributed by atoms with Gasteiger partial charge in [-0.25, -0.2) is 14.8 Å². The lowest BCUT2D eigenvalue weighted by Crippen LogP contribution is -2.07. The number of aromatic nitrogens is 4. The smallest absolute Gasteiger partial charge is 0.337 e. The lowest BCUT2D eigenvalue weighted by molar-refractivity contribution is 0.0600. The monoisotopic (exact) mass is 660 g/mol. The highest BCUT2D eigenvalue weighted by Crippen LogP contribution is 2.23. The third-order valence-corrected chi connectivity index (χ3v) is 6.15. The highest BCUT2D eigenvalue weighted by molar-refractivity contribution is 9.10. The fraction of sp³-hybridized carbons (Fsp3) is 0.300. The lowest BCUT2D eigenvalue weighted by atomic mass is 10.1. The largest absolute Gasteiger partial charge is 0.470 e. The van der Waals surface area contributed by atoms with Gasteiger partial charge in [0, 0.05) is 28.0 Å². The van der Waals surface area contributed by atoms with E-state index >= 15 is 0 Å². The Hall–Kier alpha value is -3.15. The Morgan fingerprint density at radius 3 is 1.44 bits per heavy atom. The normalized spacial score (nSPS) is 11.4. The van der Waals surface area contributed by atoms with Gasteiger partial charge in [0.15, 0.2) is 0 Å². The molecule has 8 nitrogen and oxygen atoms in total. The summed E-state index contributed by atoms with van der Waals surface area (Å²) in [5.41, 5.74) is 4.37. The van der Waals surface area contributed by atoms with Crippen LogP contribution in [0.1, 0.15) is 70.6 Å². The van der Waals surface area contributed by atoms with Crippen molar-refractivity contribution in [3.63, 3.8) is 0 Å². The van der Waals surface area contributed by atoms with E-state index in [0.717, 1.165) is 32.8 Å².